The molecule has 0 amide bonds. The van der Waals surface area contributed by atoms with E-state index in [1.54, 1.807) is 6.92 Å². The molecular weight excluding hydrogens is 201 g/mol. The van der Waals surface area contributed by atoms with Gasteiger partial charge in [0.1, 0.15) is 5.82 Å². The van der Waals surface area contributed by atoms with Gasteiger partial charge < -0.3 is 5.73 Å². The van der Waals surface area contributed by atoms with E-state index in [1.165, 1.54) is 11.6 Å². The van der Waals surface area contributed by atoms with Crippen LogP contribution in [0.2, 0.25) is 0 Å². The molecule has 16 heavy (non-hydrogen) atoms. The van der Waals surface area contributed by atoms with Gasteiger partial charge in [-0.3, -0.25) is 0 Å². The van der Waals surface area contributed by atoms with Gasteiger partial charge >= 0.3 is 0 Å². The number of hydrogen-bond acceptors (Lipinski definition) is 1. The van der Waals surface area contributed by atoms with Crippen LogP contribution < -0.4 is 5.73 Å². The minimum absolute atomic E-state index is 0.254. The second kappa shape index (κ2) is 3.97. The molecule has 0 fully saturated rings. The Kier molecular flexibility index (Phi) is 2.65. The summed E-state index contributed by atoms with van der Waals surface area (Å²) >= 11 is 0. The van der Waals surface area contributed by atoms with Crippen molar-refractivity contribution in [1.29, 1.82) is 0 Å². The largest absolute Gasteiger partial charge is 0.398 e. The van der Waals surface area contributed by atoms with Gasteiger partial charge in [0.25, 0.3) is 0 Å². The van der Waals surface area contributed by atoms with E-state index in [0.29, 0.717) is 11.3 Å². The van der Waals surface area contributed by atoms with E-state index >= 15 is 0 Å². The number of halogens is 1. The summed E-state index contributed by atoms with van der Waals surface area (Å²) < 4.78 is 13.5. The molecule has 0 atom stereocenters. The number of nitrogen functional groups attached to an aromatic ring is 1. The Hall–Kier alpha value is -1.83. The average molecular weight is 215 g/mol. The van der Waals surface area contributed by atoms with Gasteiger partial charge in [-0.05, 0) is 37.1 Å². The number of anilines is 1. The number of hydrogen-bond donors (Lipinski definition) is 1. The lowest BCUT2D eigenvalue weighted by molar-refractivity contribution is 0.620. The van der Waals surface area contributed by atoms with Crippen LogP contribution in [0.5, 0.6) is 0 Å². The Bertz CT molecular complexity index is 492. The van der Waals surface area contributed by atoms with Gasteiger partial charge in [-0.25, -0.2) is 4.39 Å². The fourth-order valence-corrected chi connectivity index (χ4v) is 1.61. The highest BCUT2D eigenvalue weighted by Crippen LogP contribution is 2.26. The molecule has 0 aliphatic carbocycles. The topological polar surface area (TPSA) is 26.0 Å². The molecule has 2 heteroatoms. The minimum atomic E-state index is -0.254. The van der Waals surface area contributed by atoms with Crippen molar-refractivity contribution in [2.24, 2.45) is 0 Å². The Balaban J connectivity index is 2.52. The third-order valence-corrected chi connectivity index (χ3v) is 2.77. The van der Waals surface area contributed by atoms with Crippen LogP contribution in [0.3, 0.4) is 0 Å². The highest BCUT2D eigenvalue weighted by atomic mass is 19.1. The highest BCUT2D eigenvalue weighted by Gasteiger charge is 2.05. The Morgan fingerprint density at radius 1 is 0.938 bits per heavy atom. The molecule has 0 aromatic heterocycles. The predicted molar refractivity (Wildman–Crippen MR) is 65.7 cm³/mol. The fraction of sp³-hybridized carbons (Fsp3) is 0.143. The first kappa shape index (κ1) is 10.7. The normalized spacial score (nSPS) is 10.4. The molecule has 0 spiro atoms. The summed E-state index contributed by atoms with van der Waals surface area (Å²) in [6.07, 6.45) is 0. The molecule has 0 radical (unpaired) electrons. The first-order valence-corrected chi connectivity index (χ1v) is 5.20. The molecule has 0 saturated carbocycles. The summed E-state index contributed by atoms with van der Waals surface area (Å²) in [6, 6.07) is 11.3. The third kappa shape index (κ3) is 1.91. The van der Waals surface area contributed by atoms with Crippen molar-refractivity contribution in [1.82, 2.24) is 0 Å². The second-order valence-electron chi connectivity index (χ2n) is 4.04. The zero-order valence-corrected chi connectivity index (χ0v) is 9.42. The number of benzene rings is 2. The summed E-state index contributed by atoms with van der Waals surface area (Å²) in [5.74, 6) is -0.254. The summed E-state index contributed by atoms with van der Waals surface area (Å²) in [7, 11) is 0. The average Bonchev–Trinajstić information content (AvgIpc) is 2.26. The summed E-state index contributed by atoms with van der Waals surface area (Å²) in [5.41, 5.74) is 9.74. The van der Waals surface area contributed by atoms with E-state index in [9.17, 15) is 4.39 Å². The smallest absolute Gasteiger partial charge is 0.128 e. The van der Waals surface area contributed by atoms with Gasteiger partial charge in [0.15, 0.2) is 0 Å². The van der Waals surface area contributed by atoms with Crippen molar-refractivity contribution in [3.8, 4) is 11.1 Å². The third-order valence-electron chi connectivity index (χ3n) is 2.77. The molecule has 2 aromatic rings. The first-order valence-electron chi connectivity index (χ1n) is 5.20. The molecule has 0 saturated heterocycles. The Labute approximate surface area is 94.7 Å². The van der Waals surface area contributed by atoms with Crippen molar-refractivity contribution in [2.75, 3.05) is 5.73 Å². The second-order valence-corrected chi connectivity index (χ2v) is 4.04. The number of rotatable bonds is 1. The van der Waals surface area contributed by atoms with Crippen LogP contribution in [-0.2, 0) is 0 Å². The maximum Gasteiger partial charge on any atom is 0.128 e. The van der Waals surface area contributed by atoms with Crippen LogP contribution in [-0.4, -0.2) is 0 Å². The van der Waals surface area contributed by atoms with Gasteiger partial charge in [0.05, 0.1) is 0 Å². The monoisotopic (exact) mass is 215 g/mol. The van der Waals surface area contributed by atoms with E-state index in [4.69, 9.17) is 5.73 Å². The summed E-state index contributed by atoms with van der Waals surface area (Å²) in [5, 5.41) is 0. The quantitative estimate of drug-likeness (QED) is 0.721. The molecule has 82 valence electrons. The molecule has 2 rings (SSSR count). The zero-order valence-electron chi connectivity index (χ0n) is 9.42. The SMILES string of the molecule is Cc1ccc(-c2cc(N)c(C)c(F)c2)cc1. The van der Waals surface area contributed by atoms with E-state index in [2.05, 4.69) is 0 Å². The fourth-order valence-electron chi connectivity index (χ4n) is 1.61. The van der Waals surface area contributed by atoms with Gasteiger partial charge in [-0.2, -0.15) is 0 Å². The van der Waals surface area contributed by atoms with Crippen LogP contribution in [0.25, 0.3) is 11.1 Å². The molecular formula is C14H14FN. The van der Waals surface area contributed by atoms with E-state index < -0.39 is 0 Å². The van der Waals surface area contributed by atoms with Crippen molar-refractivity contribution in [3.63, 3.8) is 0 Å². The Morgan fingerprint density at radius 2 is 1.56 bits per heavy atom. The summed E-state index contributed by atoms with van der Waals surface area (Å²) in [4.78, 5) is 0. The van der Waals surface area contributed by atoms with E-state index in [0.717, 1.165) is 11.1 Å². The van der Waals surface area contributed by atoms with E-state index in [1.807, 2.05) is 37.3 Å². The number of nitrogens with two attached hydrogens (primary N) is 1. The van der Waals surface area contributed by atoms with Crippen LogP contribution in [0.4, 0.5) is 10.1 Å². The van der Waals surface area contributed by atoms with Crippen molar-refractivity contribution >= 4 is 5.69 Å². The standard InChI is InChI=1S/C14H14FN/c1-9-3-5-11(6-4-9)12-7-13(15)10(2)14(16)8-12/h3-8H,16H2,1-2H3. The van der Waals surface area contributed by atoms with Crippen LogP contribution in [0.1, 0.15) is 11.1 Å². The minimum Gasteiger partial charge on any atom is -0.398 e. The molecule has 2 aromatic carbocycles. The molecule has 0 unspecified atom stereocenters. The van der Waals surface area contributed by atoms with Crippen molar-refractivity contribution < 1.29 is 4.39 Å². The lowest BCUT2D eigenvalue weighted by atomic mass is 10.0. The Morgan fingerprint density at radius 3 is 2.12 bits per heavy atom. The van der Waals surface area contributed by atoms with Gasteiger partial charge in [0.2, 0.25) is 0 Å². The van der Waals surface area contributed by atoms with Crippen molar-refractivity contribution in [2.45, 2.75) is 13.8 Å². The van der Waals surface area contributed by atoms with Crippen molar-refractivity contribution in [3.05, 3.63) is 53.3 Å². The first-order chi connectivity index (χ1) is 7.58. The zero-order chi connectivity index (χ0) is 11.7. The predicted octanol–water partition coefficient (Wildman–Crippen LogP) is 3.69. The maximum atomic E-state index is 13.5. The van der Waals surface area contributed by atoms with Gasteiger partial charge in [-0.1, -0.05) is 29.8 Å². The molecule has 0 aliphatic heterocycles. The molecule has 2 N–H and O–H groups in total. The van der Waals surface area contributed by atoms with Crippen LogP contribution >= 0.6 is 0 Å². The van der Waals surface area contributed by atoms with Crippen LogP contribution in [0.15, 0.2) is 36.4 Å². The maximum absolute atomic E-state index is 13.5. The summed E-state index contributed by atoms with van der Waals surface area (Å²) in [6.45, 7) is 3.71. The van der Waals surface area contributed by atoms with E-state index in [-0.39, 0.29) is 5.82 Å². The molecule has 0 bridgehead atoms. The molecule has 0 aliphatic rings. The van der Waals surface area contributed by atoms with Gasteiger partial charge in [0, 0.05) is 11.3 Å². The highest BCUT2D eigenvalue weighted by molar-refractivity contribution is 5.69. The lowest BCUT2D eigenvalue weighted by Gasteiger charge is -2.07. The van der Waals surface area contributed by atoms with Crippen LogP contribution in [0, 0.1) is 19.7 Å². The number of aryl methyl sites for hydroxylation is 1. The lowest BCUT2D eigenvalue weighted by Crippen LogP contribution is -1.94. The molecule has 1 nitrogen and oxygen atoms in total. The molecule has 0 heterocycles. The van der Waals surface area contributed by atoms with Gasteiger partial charge in [-0.15, -0.1) is 0 Å².